The summed E-state index contributed by atoms with van der Waals surface area (Å²) in [6, 6.07) is -6.49. The van der Waals surface area contributed by atoms with Gasteiger partial charge < -0.3 is 90.4 Å². The Morgan fingerprint density at radius 1 is 0.402 bits per heavy atom. The maximum atomic E-state index is 14.3. The minimum Gasteiger partial charge on any atom is -0.481 e. The number of carboxylic acids is 4. The molecule has 0 aliphatic heterocycles. The molecule has 0 spiro atoms. The van der Waals surface area contributed by atoms with E-state index < -0.39 is 207 Å². The molecule has 1 aromatic rings. The van der Waals surface area contributed by atoms with Gasteiger partial charge in [0, 0.05) is 38.3 Å². The molecule has 32 nitrogen and oxygen atoms in total. The minimum atomic E-state index is -1.83. The monoisotopic (exact) mass is 1300 g/mol. The van der Waals surface area contributed by atoms with E-state index in [1.54, 1.807) is 58.0 Å². The lowest BCUT2D eigenvalue weighted by Gasteiger charge is -2.28. The average molecular weight is 1300 g/mol. The van der Waals surface area contributed by atoms with Crippen LogP contribution in [0.2, 0.25) is 0 Å². The Bertz CT molecular complexity index is 2660. The third kappa shape index (κ3) is 33.3. The lowest BCUT2D eigenvalue weighted by molar-refractivity contribution is -0.140. The lowest BCUT2D eigenvalue weighted by Crippen LogP contribution is -2.60. The highest BCUT2D eigenvalue weighted by Gasteiger charge is 2.36. The molecule has 19 N–H and O–H groups in total. The molecular weight excluding hydrogens is 1210 g/mol. The molecule has 0 radical (unpaired) electrons. The summed E-state index contributed by atoms with van der Waals surface area (Å²) in [6.45, 7) is 13.6. The summed E-state index contributed by atoms with van der Waals surface area (Å²) in [5.74, 6) is -16.3. The maximum absolute atomic E-state index is 14.3. The van der Waals surface area contributed by atoms with E-state index in [0.717, 1.165) is 5.56 Å². The van der Waals surface area contributed by atoms with Crippen LogP contribution < -0.4 is 70.0 Å². The number of aliphatic carboxylic acids is 4. The number of hydrogen-bond acceptors (Lipinski definition) is 17. The van der Waals surface area contributed by atoms with Crippen LogP contribution in [0.1, 0.15) is 164 Å². The van der Waals surface area contributed by atoms with Gasteiger partial charge >= 0.3 is 23.9 Å². The Labute approximate surface area is 534 Å². The predicted octanol–water partition coefficient (Wildman–Crippen LogP) is -1.59. The van der Waals surface area contributed by atoms with E-state index in [-0.39, 0.29) is 63.1 Å². The van der Waals surface area contributed by atoms with E-state index in [1.165, 1.54) is 13.8 Å². The molecular formula is C60H97N13O19. The smallest absolute Gasteiger partial charge is 0.305 e. The number of carbonyl (C=O) groups excluding carboxylic acids is 11. The highest BCUT2D eigenvalue weighted by molar-refractivity contribution is 5.99. The van der Waals surface area contributed by atoms with Gasteiger partial charge in [0.1, 0.15) is 54.4 Å². The zero-order valence-corrected chi connectivity index (χ0v) is 53.7. The number of unbranched alkanes of at least 4 members (excludes halogenated alkanes) is 2. The van der Waals surface area contributed by atoms with Crippen molar-refractivity contribution >= 4 is 88.9 Å². The van der Waals surface area contributed by atoms with Crippen LogP contribution >= 0.6 is 0 Å². The van der Waals surface area contributed by atoms with Gasteiger partial charge in [0.15, 0.2) is 0 Å². The van der Waals surface area contributed by atoms with Crippen molar-refractivity contribution in [2.24, 2.45) is 23.3 Å². The van der Waals surface area contributed by atoms with E-state index in [0.29, 0.717) is 12.8 Å². The number of carboxylic acid groups (broad SMARTS) is 4. The summed E-state index contributed by atoms with van der Waals surface area (Å²) >= 11 is 0. The average Bonchev–Trinajstić information content (AvgIpc) is 1.08. The molecule has 0 saturated heterocycles. The first-order valence-corrected chi connectivity index (χ1v) is 30.9. The van der Waals surface area contributed by atoms with Crippen LogP contribution in [0.3, 0.4) is 0 Å². The van der Waals surface area contributed by atoms with Crippen LogP contribution in [-0.4, -0.2) is 182 Å². The molecule has 92 heavy (non-hydrogen) atoms. The molecule has 0 aromatic heterocycles. The van der Waals surface area contributed by atoms with E-state index in [4.69, 9.17) is 11.5 Å². The molecule has 516 valence electrons. The first kappa shape index (κ1) is 81.2. The topological polar surface area (TPSA) is 521 Å². The molecule has 0 unspecified atom stereocenters. The van der Waals surface area contributed by atoms with Crippen LogP contribution in [0, 0.1) is 11.8 Å². The third-order valence-electron chi connectivity index (χ3n) is 14.5. The Kier molecular flexibility index (Phi) is 38.0. The number of rotatable bonds is 47. The number of primary amides is 1. The largest absolute Gasteiger partial charge is 0.481 e. The summed E-state index contributed by atoms with van der Waals surface area (Å²) < 4.78 is 0. The van der Waals surface area contributed by atoms with Crippen molar-refractivity contribution in [2.45, 2.75) is 231 Å². The number of amides is 11. The van der Waals surface area contributed by atoms with Crippen molar-refractivity contribution < 1.29 is 92.3 Å². The Morgan fingerprint density at radius 2 is 0.750 bits per heavy atom. The van der Waals surface area contributed by atoms with E-state index in [9.17, 15) is 92.3 Å². The van der Waals surface area contributed by atoms with Gasteiger partial charge in [-0.3, -0.25) is 71.9 Å². The number of nitrogens with two attached hydrogens (primary N) is 2. The maximum Gasteiger partial charge on any atom is 0.305 e. The van der Waals surface area contributed by atoms with Gasteiger partial charge in [-0.1, -0.05) is 77.8 Å². The number of hydrogen-bond donors (Lipinski definition) is 17. The standard InChI is InChI=1S/C60H97N13O19/c1-9-10-18-38(54(86)71-42(22-26-48(77)78)58(90)72-43(23-27-49(79)80)57(89)70-41(21-25-47(75)76)53(85)65-35(7)51(83)64-34(6)33(4)5)68-56(88)40(20-24-46(62)74)69-55(87)39(19-14-15-28-61)67-52(84)36(8)66-60(92)45(29-32(2)3)73-59(91)44(30-50(81)82)63-31-37-16-12-11-13-17-37/h11-13,16-17,32-36,38-45,63H,9-10,14-15,18-31,61H2,1-8H3,(H2,62,74)(H,64,83)(H,65,85)(H,66,92)(H,67,84)(H,68,88)(H,69,87)(H,70,89)(H,71,86)(H,72,90)(H,73,91)(H,75,76)(H,77,78)(H,79,80)(H,81,82)/t34-,35+,36-,38+,39+,40+,41+,42+,43+,44+,45+/m1/s1. The van der Waals surface area contributed by atoms with Crippen LogP contribution in [0.5, 0.6) is 0 Å². The van der Waals surface area contributed by atoms with Crippen molar-refractivity contribution in [1.29, 1.82) is 0 Å². The predicted molar refractivity (Wildman–Crippen MR) is 331 cm³/mol. The zero-order valence-electron chi connectivity index (χ0n) is 53.7. The van der Waals surface area contributed by atoms with Crippen molar-refractivity contribution in [2.75, 3.05) is 6.54 Å². The van der Waals surface area contributed by atoms with E-state index in [2.05, 4.69) is 58.5 Å². The van der Waals surface area contributed by atoms with Crippen molar-refractivity contribution in [3.63, 3.8) is 0 Å². The number of nitrogens with one attached hydrogen (secondary N) is 11. The van der Waals surface area contributed by atoms with E-state index in [1.807, 2.05) is 13.8 Å². The molecule has 11 atom stereocenters. The van der Waals surface area contributed by atoms with Crippen molar-refractivity contribution in [1.82, 2.24) is 58.5 Å². The van der Waals surface area contributed by atoms with E-state index >= 15 is 0 Å². The molecule has 0 aliphatic carbocycles. The summed E-state index contributed by atoms with van der Waals surface area (Å²) in [6.07, 6.45) is -4.53. The number of carbonyl (C=O) groups is 15. The van der Waals surface area contributed by atoms with Crippen LogP contribution in [0.4, 0.5) is 0 Å². The fourth-order valence-corrected chi connectivity index (χ4v) is 8.78. The highest BCUT2D eigenvalue weighted by atomic mass is 16.4. The van der Waals surface area contributed by atoms with Gasteiger partial charge in [-0.05, 0) is 103 Å². The van der Waals surface area contributed by atoms with Gasteiger partial charge in [-0.15, -0.1) is 0 Å². The zero-order chi connectivity index (χ0) is 69.8. The van der Waals surface area contributed by atoms with Crippen molar-refractivity contribution in [3.05, 3.63) is 35.9 Å². The quantitative estimate of drug-likeness (QED) is 0.0327. The first-order chi connectivity index (χ1) is 43.2. The molecule has 1 aromatic carbocycles. The Morgan fingerprint density at radius 3 is 1.12 bits per heavy atom. The fourth-order valence-electron chi connectivity index (χ4n) is 8.78. The summed E-state index contributed by atoms with van der Waals surface area (Å²) in [5, 5.41) is 65.9. The number of benzene rings is 1. The molecule has 0 bridgehead atoms. The Balaban J connectivity index is 3.54. The van der Waals surface area contributed by atoms with Crippen LogP contribution in [0.15, 0.2) is 30.3 Å². The second kappa shape index (κ2) is 43.0. The highest BCUT2D eigenvalue weighted by Crippen LogP contribution is 2.13. The molecule has 0 heterocycles. The molecule has 11 amide bonds. The molecule has 0 fully saturated rings. The molecule has 0 saturated carbocycles. The van der Waals surface area contributed by atoms with Crippen LogP contribution in [0.25, 0.3) is 0 Å². The van der Waals surface area contributed by atoms with Crippen molar-refractivity contribution in [3.8, 4) is 0 Å². The first-order valence-electron chi connectivity index (χ1n) is 30.9. The van der Waals surface area contributed by atoms with Gasteiger partial charge in [-0.25, -0.2) is 0 Å². The minimum absolute atomic E-state index is 0.0124. The van der Waals surface area contributed by atoms with Gasteiger partial charge in [0.2, 0.25) is 65.0 Å². The lowest BCUT2D eigenvalue weighted by atomic mass is 10.0. The second-order valence-electron chi connectivity index (χ2n) is 23.3. The SMILES string of the molecule is CCCC[C@H](NC(=O)[C@H](CCC(N)=O)NC(=O)[C@H](CCCCN)NC(=O)[C@@H](C)NC(=O)[C@H](CC(C)C)NC(=O)[C@H](CC(=O)O)NCc1ccccc1)C(=O)N[C@@H](CCC(=O)O)C(=O)N[C@@H](CCC(=O)O)C(=O)N[C@@H](CCC(=O)O)C(=O)N[C@@H](C)C(=O)N[C@H](C)C(C)C. The summed E-state index contributed by atoms with van der Waals surface area (Å²) in [7, 11) is 0. The van der Waals surface area contributed by atoms with Gasteiger partial charge in [0.05, 0.1) is 12.5 Å². The third-order valence-corrected chi connectivity index (χ3v) is 14.5. The molecule has 1 rings (SSSR count). The molecule has 32 heteroatoms. The summed E-state index contributed by atoms with van der Waals surface area (Å²) in [4.78, 5) is 197. The Hall–Kier alpha value is -8.81. The normalized spacial score (nSPS) is 14.7. The van der Waals surface area contributed by atoms with Gasteiger partial charge in [0.25, 0.3) is 0 Å². The fraction of sp³-hybridized carbons (Fsp3) is 0.650. The summed E-state index contributed by atoms with van der Waals surface area (Å²) in [5.41, 5.74) is 11.9. The molecule has 0 aliphatic rings. The van der Waals surface area contributed by atoms with Gasteiger partial charge in [-0.2, -0.15) is 0 Å². The second-order valence-corrected chi connectivity index (χ2v) is 23.3. The van der Waals surface area contributed by atoms with Crippen LogP contribution in [-0.2, 0) is 78.5 Å².